The zero-order chi connectivity index (χ0) is 12.0. The van der Waals surface area contributed by atoms with Crippen molar-refractivity contribution < 1.29 is 4.42 Å². The summed E-state index contributed by atoms with van der Waals surface area (Å²) in [5.41, 5.74) is 7.99. The first-order valence-electron chi connectivity index (χ1n) is 6.01. The van der Waals surface area contributed by atoms with Crippen molar-refractivity contribution in [3.05, 3.63) is 58.5 Å². The lowest BCUT2D eigenvalue weighted by atomic mass is 10.0. The third-order valence-electron chi connectivity index (χ3n) is 3.80. The normalized spacial score (nSPS) is 14.3. The van der Waals surface area contributed by atoms with Gasteiger partial charge in [-0.25, -0.2) is 0 Å². The van der Waals surface area contributed by atoms with Crippen LogP contribution >= 0.6 is 0 Å². The van der Waals surface area contributed by atoms with Crippen LogP contribution in [-0.4, -0.2) is 0 Å². The van der Waals surface area contributed by atoms with E-state index in [1.165, 1.54) is 33.4 Å². The fraction of sp³-hybridized carbons (Fsp3) is 0.250. The number of furan rings is 1. The second-order valence-electron chi connectivity index (χ2n) is 4.81. The number of rotatable bonds is 1. The van der Waals surface area contributed by atoms with E-state index in [0.29, 0.717) is 0 Å². The second-order valence-corrected chi connectivity index (χ2v) is 4.81. The Kier molecular flexibility index (Phi) is 2.22. The summed E-state index contributed by atoms with van der Waals surface area (Å²) >= 11 is 0. The summed E-state index contributed by atoms with van der Waals surface area (Å²) in [7, 11) is 0. The Morgan fingerprint density at radius 1 is 1.06 bits per heavy atom. The van der Waals surface area contributed by atoms with E-state index in [1.54, 1.807) is 0 Å². The minimum Gasteiger partial charge on any atom is -0.464 e. The Hall–Kier alpha value is -1.76. The van der Waals surface area contributed by atoms with Gasteiger partial charge in [-0.3, -0.25) is 0 Å². The van der Waals surface area contributed by atoms with Gasteiger partial charge in [-0.2, -0.15) is 0 Å². The molecule has 1 aromatic heterocycles. The van der Waals surface area contributed by atoms with Crippen LogP contribution in [0.2, 0.25) is 0 Å². The molecule has 0 fully saturated rings. The SMILES string of the molecule is CC1=C(c2occ(C)c2C)Cc2ccccc21. The maximum Gasteiger partial charge on any atom is 0.133 e. The van der Waals surface area contributed by atoms with Crippen molar-refractivity contribution in [3.8, 4) is 0 Å². The molecule has 0 spiro atoms. The predicted molar refractivity (Wildman–Crippen MR) is 70.8 cm³/mol. The minimum absolute atomic E-state index is 0.996. The summed E-state index contributed by atoms with van der Waals surface area (Å²) in [5.74, 6) is 1.07. The summed E-state index contributed by atoms with van der Waals surface area (Å²) < 4.78 is 5.72. The van der Waals surface area contributed by atoms with E-state index in [2.05, 4.69) is 45.0 Å². The third kappa shape index (κ3) is 1.46. The summed E-state index contributed by atoms with van der Waals surface area (Å²) in [6, 6.07) is 8.61. The summed E-state index contributed by atoms with van der Waals surface area (Å²) in [4.78, 5) is 0. The molecule has 17 heavy (non-hydrogen) atoms. The highest BCUT2D eigenvalue weighted by molar-refractivity contribution is 5.95. The summed E-state index contributed by atoms with van der Waals surface area (Å²) in [5, 5.41) is 0. The van der Waals surface area contributed by atoms with E-state index in [4.69, 9.17) is 4.42 Å². The molecule has 0 unspecified atom stereocenters. The average Bonchev–Trinajstić information content (AvgIpc) is 2.83. The van der Waals surface area contributed by atoms with Crippen LogP contribution in [0.4, 0.5) is 0 Å². The second kappa shape index (κ2) is 3.63. The van der Waals surface area contributed by atoms with Crippen LogP contribution in [-0.2, 0) is 6.42 Å². The van der Waals surface area contributed by atoms with Crippen molar-refractivity contribution in [3.63, 3.8) is 0 Å². The molecular formula is C16H16O. The number of aryl methyl sites for hydroxylation is 1. The van der Waals surface area contributed by atoms with E-state index in [1.807, 2.05) is 6.26 Å². The van der Waals surface area contributed by atoms with Gasteiger partial charge in [-0.05, 0) is 48.6 Å². The molecule has 0 amide bonds. The van der Waals surface area contributed by atoms with Crippen LogP contribution in [0.1, 0.15) is 34.9 Å². The summed E-state index contributed by atoms with van der Waals surface area (Å²) in [6.07, 6.45) is 2.85. The minimum atomic E-state index is 0.996. The fourth-order valence-corrected chi connectivity index (χ4v) is 2.58. The number of fused-ring (bicyclic) bond motifs is 1. The van der Waals surface area contributed by atoms with Gasteiger partial charge in [0, 0.05) is 12.0 Å². The van der Waals surface area contributed by atoms with E-state index < -0.39 is 0 Å². The fourth-order valence-electron chi connectivity index (χ4n) is 2.58. The molecule has 1 nitrogen and oxygen atoms in total. The van der Waals surface area contributed by atoms with Crippen LogP contribution in [0.15, 0.2) is 34.9 Å². The van der Waals surface area contributed by atoms with Crippen molar-refractivity contribution in [1.29, 1.82) is 0 Å². The maximum atomic E-state index is 5.72. The lowest BCUT2D eigenvalue weighted by Crippen LogP contribution is -1.86. The van der Waals surface area contributed by atoms with Crippen LogP contribution < -0.4 is 0 Å². The maximum absolute atomic E-state index is 5.72. The van der Waals surface area contributed by atoms with E-state index in [9.17, 15) is 0 Å². The molecule has 1 heterocycles. The van der Waals surface area contributed by atoms with E-state index in [0.717, 1.165) is 12.2 Å². The van der Waals surface area contributed by atoms with Gasteiger partial charge in [0.25, 0.3) is 0 Å². The summed E-state index contributed by atoms with van der Waals surface area (Å²) in [6.45, 7) is 6.43. The first-order chi connectivity index (χ1) is 8.18. The molecule has 2 aromatic rings. The largest absolute Gasteiger partial charge is 0.464 e. The Balaban J connectivity index is 2.14. The zero-order valence-electron chi connectivity index (χ0n) is 10.5. The molecular weight excluding hydrogens is 208 g/mol. The van der Waals surface area contributed by atoms with Crippen molar-refractivity contribution in [2.45, 2.75) is 27.2 Å². The van der Waals surface area contributed by atoms with Crippen LogP contribution in [0.25, 0.3) is 11.1 Å². The van der Waals surface area contributed by atoms with Gasteiger partial charge < -0.3 is 4.42 Å². The van der Waals surface area contributed by atoms with Crippen LogP contribution in [0.5, 0.6) is 0 Å². The smallest absolute Gasteiger partial charge is 0.133 e. The standard InChI is InChI=1S/C16H16O/c1-10-9-17-16(11(10)2)15-8-13-6-4-5-7-14(13)12(15)3/h4-7,9H,8H2,1-3H3. The Morgan fingerprint density at radius 3 is 2.47 bits per heavy atom. The number of benzene rings is 1. The lowest BCUT2D eigenvalue weighted by Gasteiger charge is -2.01. The van der Waals surface area contributed by atoms with Crippen molar-refractivity contribution in [2.75, 3.05) is 0 Å². The van der Waals surface area contributed by atoms with Gasteiger partial charge in [0.1, 0.15) is 5.76 Å². The number of hydrogen-bond acceptors (Lipinski definition) is 1. The molecule has 0 radical (unpaired) electrons. The van der Waals surface area contributed by atoms with Gasteiger partial charge >= 0.3 is 0 Å². The Labute approximate surface area is 102 Å². The monoisotopic (exact) mass is 224 g/mol. The quantitative estimate of drug-likeness (QED) is 0.700. The van der Waals surface area contributed by atoms with Crippen molar-refractivity contribution in [1.82, 2.24) is 0 Å². The first-order valence-corrected chi connectivity index (χ1v) is 6.01. The van der Waals surface area contributed by atoms with E-state index >= 15 is 0 Å². The highest BCUT2D eigenvalue weighted by atomic mass is 16.3. The van der Waals surface area contributed by atoms with Crippen molar-refractivity contribution >= 4 is 11.1 Å². The first kappa shape index (κ1) is 10.4. The average molecular weight is 224 g/mol. The molecule has 1 aliphatic carbocycles. The van der Waals surface area contributed by atoms with E-state index in [-0.39, 0.29) is 0 Å². The lowest BCUT2D eigenvalue weighted by molar-refractivity contribution is 0.548. The number of allylic oxidation sites excluding steroid dienone is 2. The zero-order valence-corrected chi connectivity index (χ0v) is 10.5. The number of hydrogen-bond donors (Lipinski definition) is 0. The molecule has 1 aromatic carbocycles. The molecule has 0 atom stereocenters. The molecule has 0 saturated carbocycles. The Morgan fingerprint density at radius 2 is 1.82 bits per heavy atom. The predicted octanol–water partition coefficient (Wildman–Crippen LogP) is 4.38. The molecule has 0 bridgehead atoms. The molecule has 0 saturated heterocycles. The van der Waals surface area contributed by atoms with Gasteiger partial charge in [0.05, 0.1) is 6.26 Å². The highest BCUT2D eigenvalue weighted by Gasteiger charge is 2.22. The van der Waals surface area contributed by atoms with Gasteiger partial charge in [-0.15, -0.1) is 0 Å². The molecule has 1 heteroatoms. The van der Waals surface area contributed by atoms with Crippen LogP contribution in [0.3, 0.4) is 0 Å². The molecule has 0 N–H and O–H groups in total. The molecule has 0 aliphatic heterocycles. The highest BCUT2D eigenvalue weighted by Crippen LogP contribution is 2.39. The van der Waals surface area contributed by atoms with Gasteiger partial charge in [-0.1, -0.05) is 24.3 Å². The van der Waals surface area contributed by atoms with Crippen molar-refractivity contribution in [2.24, 2.45) is 0 Å². The third-order valence-corrected chi connectivity index (χ3v) is 3.80. The Bertz CT molecular complexity index is 614. The topological polar surface area (TPSA) is 13.1 Å². The molecule has 86 valence electrons. The van der Waals surface area contributed by atoms with Gasteiger partial charge in [0.15, 0.2) is 0 Å². The van der Waals surface area contributed by atoms with Gasteiger partial charge in [0.2, 0.25) is 0 Å². The molecule has 3 rings (SSSR count). The van der Waals surface area contributed by atoms with Crippen LogP contribution in [0, 0.1) is 13.8 Å². The molecule has 1 aliphatic rings.